The molecule has 0 bridgehead atoms. The van der Waals surface area contributed by atoms with Crippen LogP contribution in [0.3, 0.4) is 0 Å². The van der Waals surface area contributed by atoms with Crippen LogP contribution < -0.4 is 5.73 Å². The summed E-state index contributed by atoms with van der Waals surface area (Å²) < 4.78 is 5.11. The van der Waals surface area contributed by atoms with E-state index in [-0.39, 0.29) is 18.2 Å². The lowest BCUT2D eigenvalue weighted by Crippen LogP contribution is -2.44. The maximum Gasteiger partial charge on any atom is 0.307 e. The van der Waals surface area contributed by atoms with E-state index in [2.05, 4.69) is 0 Å². The third kappa shape index (κ3) is 4.94. The van der Waals surface area contributed by atoms with Crippen LogP contribution in [-0.4, -0.2) is 27.3 Å². The maximum atomic E-state index is 10.9. The Bertz CT molecular complexity index is 1100. The number of phenols is 1. The summed E-state index contributed by atoms with van der Waals surface area (Å²) in [5, 5.41) is 29.4. The zero-order valence-corrected chi connectivity index (χ0v) is 17.1. The van der Waals surface area contributed by atoms with Crippen molar-refractivity contribution in [1.82, 2.24) is 0 Å². The Kier molecular flexibility index (Phi) is 6.74. The van der Waals surface area contributed by atoms with E-state index in [1.807, 2.05) is 67.6 Å². The second-order valence-corrected chi connectivity index (χ2v) is 7.30. The number of aromatic hydroxyl groups is 1. The molecule has 4 aromatic rings. The fourth-order valence-electron chi connectivity index (χ4n) is 3.45. The molecule has 1 heterocycles. The lowest BCUT2D eigenvalue weighted by Gasteiger charge is -2.33. The lowest BCUT2D eigenvalue weighted by molar-refractivity contribution is -0.136. The van der Waals surface area contributed by atoms with E-state index in [1.165, 1.54) is 18.4 Å². The normalized spacial score (nSPS) is 12.1. The zero-order valence-electron chi connectivity index (χ0n) is 17.1. The predicted molar refractivity (Wildman–Crippen MR) is 119 cm³/mol. The largest absolute Gasteiger partial charge is 0.508 e. The van der Waals surface area contributed by atoms with Crippen LogP contribution in [0.15, 0.2) is 89.5 Å². The van der Waals surface area contributed by atoms with Gasteiger partial charge in [-0.1, -0.05) is 60.7 Å². The Morgan fingerprint density at radius 2 is 1.55 bits per heavy atom. The van der Waals surface area contributed by atoms with E-state index < -0.39 is 11.6 Å². The predicted octanol–water partition coefficient (Wildman–Crippen LogP) is 4.04. The quantitative estimate of drug-likeness (QED) is 0.388. The summed E-state index contributed by atoms with van der Waals surface area (Å²) in [7, 11) is 0. The molecule has 3 aromatic carbocycles. The van der Waals surface area contributed by atoms with E-state index in [0.717, 1.165) is 16.5 Å². The minimum absolute atomic E-state index is 0.0717. The Morgan fingerprint density at radius 1 is 1.00 bits per heavy atom. The highest BCUT2D eigenvalue weighted by Gasteiger charge is 2.35. The SMILES string of the molecule is C[C@H](N)C(O)(c1ccccc1)c1ccccc1.O=C(O)Cc1coc2cc(O)ccc12. The van der Waals surface area contributed by atoms with Gasteiger partial charge < -0.3 is 25.5 Å². The molecule has 0 saturated carbocycles. The minimum atomic E-state index is -1.14. The molecule has 0 unspecified atom stereocenters. The number of fused-ring (bicyclic) bond motifs is 1. The summed E-state index contributed by atoms with van der Waals surface area (Å²) in [6.07, 6.45) is 1.33. The van der Waals surface area contributed by atoms with Gasteiger partial charge in [-0.3, -0.25) is 4.79 Å². The number of carboxylic acids is 1. The number of nitrogens with two attached hydrogens (primary N) is 1. The summed E-state index contributed by atoms with van der Waals surface area (Å²) in [6, 6.07) is 23.3. The highest BCUT2D eigenvalue weighted by molar-refractivity contribution is 5.86. The van der Waals surface area contributed by atoms with Crippen molar-refractivity contribution in [2.75, 3.05) is 0 Å². The molecule has 0 aliphatic rings. The number of furan rings is 1. The van der Waals surface area contributed by atoms with Crippen LogP contribution in [-0.2, 0) is 16.8 Å². The van der Waals surface area contributed by atoms with Crippen LogP contribution in [0.5, 0.6) is 5.75 Å². The molecule has 0 saturated heterocycles. The van der Waals surface area contributed by atoms with Crippen molar-refractivity contribution in [3.8, 4) is 5.75 Å². The van der Waals surface area contributed by atoms with Gasteiger partial charge in [-0.05, 0) is 30.2 Å². The number of hydrogen-bond donors (Lipinski definition) is 4. The number of phenolic OH excluding ortho intramolecular Hbond substituents is 1. The molecule has 4 rings (SSSR count). The fraction of sp³-hybridized carbons (Fsp3) is 0.160. The second-order valence-electron chi connectivity index (χ2n) is 7.30. The lowest BCUT2D eigenvalue weighted by atomic mass is 9.81. The summed E-state index contributed by atoms with van der Waals surface area (Å²) in [4.78, 5) is 10.5. The number of carbonyl (C=O) groups is 1. The Balaban J connectivity index is 0.000000179. The van der Waals surface area contributed by atoms with E-state index in [1.54, 1.807) is 6.07 Å². The smallest absolute Gasteiger partial charge is 0.307 e. The van der Waals surface area contributed by atoms with Crippen molar-refractivity contribution in [1.29, 1.82) is 0 Å². The average molecular weight is 419 g/mol. The first kappa shape index (κ1) is 22.1. The highest BCUT2D eigenvalue weighted by atomic mass is 16.4. The van der Waals surface area contributed by atoms with Crippen molar-refractivity contribution in [3.63, 3.8) is 0 Å². The molecule has 0 fully saturated rings. The van der Waals surface area contributed by atoms with Gasteiger partial charge in [0, 0.05) is 23.1 Å². The highest BCUT2D eigenvalue weighted by Crippen LogP contribution is 2.31. The van der Waals surface area contributed by atoms with Crippen LogP contribution in [0.4, 0.5) is 0 Å². The number of benzene rings is 3. The van der Waals surface area contributed by atoms with E-state index >= 15 is 0 Å². The van der Waals surface area contributed by atoms with Crippen LogP contribution in [0.1, 0.15) is 23.6 Å². The molecule has 0 radical (unpaired) electrons. The van der Waals surface area contributed by atoms with E-state index in [4.69, 9.17) is 20.4 Å². The summed E-state index contributed by atoms with van der Waals surface area (Å²) >= 11 is 0. The molecule has 6 nitrogen and oxygen atoms in total. The van der Waals surface area contributed by atoms with Gasteiger partial charge in [-0.2, -0.15) is 0 Å². The number of hydrogen-bond acceptors (Lipinski definition) is 5. The minimum Gasteiger partial charge on any atom is -0.508 e. The Labute approximate surface area is 180 Å². The molecule has 160 valence electrons. The molecule has 1 atom stereocenters. The number of aliphatic hydroxyl groups is 1. The second kappa shape index (κ2) is 9.47. The number of aliphatic carboxylic acids is 1. The standard InChI is InChI=1S/C15H17NO.C10H8O4/c1-12(16)15(17,13-8-4-2-5-9-13)14-10-6-3-7-11-14;11-7-1-2-8-6(3-10(12)13)5-14-9(8)4-7/h2-12,17H,16H2,1H3;1-2,4-5,11H,3H2,(H,12,13)/t12-;/m0./s1. The van der Waals surface area contributed by atoms with Gasteiger partial charge in [0.1, 0.15) is 16.9 Å². The first-order chi connectivity index (χ1) is 14.8. The number of rotatable bonds is 5. The Hall–Kier alpha value is -3.61. The molecule has 5 N–H and O–H groups in total. The molecule has 0 spiro atoms. The first-order valence-corrected chi connectivity index (χ1v) is 9.82. The molecule has 31 heavy (non-hydrogen) atoms. The van der Waals surface area contributed by atoms with Crippen molar-refractivity contribution >= 4 is 16.9 Å². The van der Waals surface area contributed by atoms with Crippen molar-refractivity contribution in [2.24, 2.45) is 5.73 Å². The third-order valence-corrected chi connectivity index (χ3v) is 5.07. The van der Waals surface area contributed by atoms with Gasteiger partial charge in [0.05, 0.1) is 12.7 Å². The summed E-state index contributed by atoms with van der Waals surface area (Å²) in [6.45, 7) is 1.82. The molecule has 0 aliphatic carbocycles. The van der Waals surface area contributed by atoms with Gasteiger partial charge in [0.15, 0.2) is 0 Å². The van der Waals surface area contributed by atoms with E-state index in [9.17, 15) is 9.90 Å². The van der Waals surface area contributed by atoms with Crippen LogP contribution in [0, 0.1) is 0 Å². The topological polar surface area (TPSA) is 117 Å². The molecular formula is C25H25NO5. The van der Waals surface area contributed by atoms with Gasteiger partial charge in [-0.25, -0.2) is 0 Å². The molecule has 0 aliphatic heterocycles. The zero-order chi connectivity index (χ0) is 22.4. The summed E-state index contributed by atoms with van der Waals surface area (Å²) in [5.74, 6) is -0.797. The monoisotopic (exact) mass is 419 g/mol. The van der Waals surface area contributed by atoms with Crippen molar-refractivity contribution in [2.45, 2.75) is 25.0 Å². The van der Waals surface area contributed by atoms with Gasteiger partial charge in [0.2, 0.25) is 0 Å². The molecule has 6 heteroatoms. The summed E-state index contributed by atoms with van der Waals surface area (Å²) in [5.41, 5.74) is 7.61. The number of carboxylic acid groups (broad SMARTS) is 1. The van der Waals surface area contributed by atoms with Crippen LogP contribution in [0.25, 0.3) is 11.0 Å². The van der Waals surface area contributed by atoms with Gasteiger partial charge in [0.25, 0.3) is 0 Å². The fourth-order valence-corrected chi connectivity index (χ4v) is 3.45. The molecular weight excluding hydrogens is 394 g/mol. The van der Waals surface area contributed by atoms with Gasteiger partial charge >= 0.3 is 5.97 Å². The molecule has 0 amide bonds. The first-order valence-electron chi connectivity index (χ1n) is 9.82. The van der Waals surface area contributed by atoms with Crippen molar-refractivity contribution in [3.05, 3.63) is 102 Å². The van der Waals surface area contributed by atoms with Crippen LogP contribution >= 0.6 is 0 Å². The van der Waals surface area contributed by atoms with Crippen molar-refractivity contribution < 1.29 is 24.5 Å². The Morgan fingerprint density at radius 3 is 2.03 bits per heavy atom. The maximum absolute atomic E-state index is 10.9. The third-order valence-electron chi connectivity index (χ3n) is 5.07. The van der Waals surface area contributed by atoms with E-state index in [0.29, 0.717) is 11.1 Å². The molecule has 1 aromatic heterocycles. The van der Waals surface area contributed by atoms with Crippen LogP contribution in [0.2, 0.25) is 0 Å². The van der Waals surface area contributed by atoms with Gasteiger partial charge in [-0.15, -0.1) is 0 Å². The average Bonchev–Trinajstić information content (AvgIpc) is 3.15.